The molecule has 1 aromatic rings. The molecule has 4 nitrogen and oxygen atoms in total. The Morgan fingerprint density at radius 2 is 2.47 bits per heavy atom. The topological polar surface area (TPSA) is 37.4 Å². The van der Waals surface area contributed by atoms with E-state index in [9.17, 15) is 0 Å². The second kappa shape index (κ2) is 7.94. The summed E-state index contributed by atoms with van der Waals surface area (Å²) in [5.41, 5.74) is 1.15. The van der Waals surface area contributed by atoms with E-state index in [4.69, 9.17) is 9.72 Å². The van der Waals surface area contributed by atoms with Crippen molar-refractivity contribution in [2.24, 2.45) is 5.92 Å². The number of methoxy groups -OCH3 is 1. The fourth-order valence-corrected chi connectivity index (χ4v) is 3.35. The lowest BCUT2D eigenvalue weighted by Gasteiger charge is -2.29. The fraction of sp³-hybridized carbons (Fsp3) is 0.786. The summed E-state index contributed by atoms with van der Waals surface area (Å²) in [5.74, 6) is 0.837. The van der Waals surface area contributed by atoms with E-state index in [1.165, 1.54) is 30.9 Å². The van der Waals surface area contributed by atoms with Gasteiger partial charge in [-0.15, -0.1) is 11.3 Å². The van der Waals surface area contributed by atoms with Crippen LogP contribution in [0.25, 0.3) is 0 Å². The highest BCUT2D eigenvalue weighted by molar-refractivity contribution is 7.09. The quantitative estimate of drug-likeness (QED) is 0.778. The molecule has 1 aliphatic rings. The van der Waals surface area contributed by atoms with E-state index in [-0.39, 0.29) is 0 Å². The van der Waals surface area contributed by atoms with Gasteiger partial charge in [-0.1, -0.05) is 6.92 Å². The van der Waals surface area contributed by atoms with Crippen LogP contribution in [0, 0.1) is 5.92 Å². The molecule has 0 aromatic carbocycles. The number of piperidine rings is 1. The van der Waals surface area contributed by atoms with Gasteiger partial charge in [-0.3, -0.25) is 4.90 Å². The van der Waals surface area contributed by atoms with E-state index in [0.29, 0.717) is 0 Å². The van der Waals surface area contributed by atoms with Gasteiger partial charge in [0.1, 0.15) is 5.01 Å². The van der Waals surface area contributed by atoms with Crippen molar-refractivity contribution in [2.45, 2.75) is 32.9 Å². The first-order valence-electron chi connectivity index (χ1n) is 7.13. The van der Waals surface area contributed by atoms with Crippen molar-refractivity contribution in [3.63, 3.8) is 0 Å². The van der Waals surface area contributed by atoms with Gasteiger partial charge in [-0.25, -0.2) is 4.98 Å². The Kier molecular flexibility index (Phi) is 6.23. The molecule has 108 valence electrons. The minimum atomic E-state index is 0.753. The SMILES string of the molecule is COCCNCc1csc(CN2CCCC(C)C2)n1. The summed E-state index contributed by atoms with van der Waals surface area (Å²) in [5, 5.41) is 6.75. The van der Waals surface area contributed by atoms with Crippen molar-refractivity contribution in [3.05, 3.63) is 16.1 Å². The zero-order valence-electron chi connectivity index (χ0n) is 12.0. The molecule has 2 rings (SSSR count). The molecule has 1 atom stereocenters. The van der Waals surface area contributed by atoms with Gasteiger partial charge in [0.05, 0.1) is 18.8 Å². The minimum absolute atomic E-state index is 0.753. The molecule has 5 heteroatoms. The summed E-state index contributed by atoms with van der Waals surface area (Å²) in [6, 6.07) is 0. The number of thiazole rings is 1. The number of nitrogens with one attached hydrogen (secondary N) is 1. The number of rotatable bonds is 7. The van der Waals surface area contributed by atoms with E-state index in [2.05, 4.69) is 22.5 Å². The molecule has 1 fully saturated rings. The molecule has 1 aromatic heterocycles. The molecule has 1 aliphatic heterocycles. The molecule has 0 spiro atoms. The third-order valence-electron chi connectivity index (χ3n) is 3.49. The Hall–Kier alpha value is -0.490. The van der Waals surface area contributed by atoms with E-state index in [1.807, 2.05) is 0 Å². The summed E-state index contributed by atoms with van der Waals surface area (Å²) in [4.78, 5) is 7.24. The van der Waals surface area contributed by atoms with Gasteiger partial charge in [-0.2, -0.15) is 0 Å². The molecule has 0 saturated carbocycles. The Morgan fingerprint density at radius 3 is 3.26 bits per heavy atom. The minimum Gasteiger partial charge on any atom is -0.383 e. The van der Waals surface area contributed by atoms with E-state index in [0.717, 1.165) is 37.9 Å². The highest BCUT2D eigenvalue weighted by atomic mass is 32.1. The number of likely N-dealkylation sites (tertiary alicyclic amines) is 1. The normalized spacial score (nSPS) is 20.8. The Morgan fingerprint density at radius 1 is 1.58 bits per heavy atom. The van der Waals surface area contributed by atoms with Crippen LogP contribution in [0.2, 0.25) is 0 Å². The molecule has 2 heterocycles. The van der Waals surface area contributed by atoms with Gasteiger partial charge in [-0.05, 0) is 25.3 Å². The van der Waals surface area contributed by atoms with Crippen molar-refractivity contribution >= 4 is 11.3 Å². The molecule has 1 N–H and O–H groups in total. The van der Waals surface area contributed by atoms with Crippen LogP contribution in [0.5, 0.6) is 0 Å². The largest absolute Gasteiger partial charge is 0.383 e. The van der Waals surface area contributed by atoms with Crippen LogP contribution in [0.3, 0.4) is 0 Å². The van der Waals surface area contributed by atoms with Crippen LogP contribution in [-0.2, 0) is 17.8 Å². The fourth-order valence-electron chi connectivity index (χ4n) is 2.52. The maximum absolute atomic E-state index is 5.01. The third kappa shape index (κ3) is 5.18. The molecule has 0 amide bonds. The molecule has 1 saturated heterocycles. The van der Waals surface area contributed by atoms with Gasteiger partial charge in [0, 0.05) is 32.1 Å². The lowest BCUT2D eigenvalue weighted by molar-refractivity contribution is 0.176. The highest BCUT2D eigenvalue weighted by Gasteiger charge is 2.17. The summed E-state index contributed by atoms with van der Waals surface area (Å²) < 4.78 is 5.01. The van der Waals surface area contributed by atoms with E-state index in [1.54, 1.807) is 18.4 Å². The van der Waals surface area contributed by atoms with Crippen LogP contribution in [0.4, 0.5) is 0 Å². The zero-order chi connectivity index (χ0) is 13.5. The molecule has 19 heavy (non-hydrogen) atoms. The van der Waals surface area contributed by atoms with Crippen molar-refractivity contribution in [2.75, 3.05) is 33.4 Å². The van der Waals surface area contributed by atoms with Crippen molar-refractivity contribution in [1.29, 1.82) is 0 Å². The van der Waals surface area contributed by atoms with Gasteiger partial charge < -0.3 is 10.1 Å². The van der Waals surface area contributed by atoms with E-state index >= 15 is 0 Å². The number of hydrogen-bond acceptors (Lipinski definition) is 5. The molecular formula is C14H25N3OS. The lowest BCUT2D eigenvalue weighted by Crippen LogP contribution is -2.33. The zero-order valence-corrected chi connectivity index (χ0v) is 12.8. The Balaban J connectivity index is 1.73. The van der Waals surface area contributed by atoms with Crippen molar-refractivity contribution in [3.8, 4) is 0 Å². The van der Waals surface area contributed by atoms with Crippen molar-refractivity contribution in [1.82, 2.24) is 15.2 Å². The van der Waals surface area contributed by atoms with Crippen LogP contribution in [0.1, 0.15) is 30.5 Å². The van der Waals surface area contributed by atoms with Gasteiger partial charge in [0.25, 0.3) is 0 Å². The summed E-state index contributed by atoms with van der Waals surface area (Å²) in [6.07, 6.45) is 2.71. The second-order valence-corrected chi connectivity index (χ2v) is 6.33. The standard InChI is InChI=1S/C14H25N3OS/c1-12-4-3-6-17(9-12)10-14-16-13(11-19-14)8-15-5-7-18-2/h11-12,15H,3-10H2,1-2H3. The average Bonchev–Trinajstić information content (AvgIpc) is 2.82. The molecular weight excluding hydrogens is 258 g/mol. The first-order chi connectivity index (χ1) is 9.28. The first-order valence-corrected chi connectivity index (χ1v) is 8.01. The van der Waals surface area contributed by atoms with Crippen LogP contribution < -0.4 is 5.32 Å². The second-order valence-electron chi connectivity index (χ2n) is 5.38. The van der Waals surface area contributed by atoms with E-state index < -0.39 is 0 Å². The average molecular weight is 283 g/mol. The van der Waals surface area contributed by atoms with Gasteiger partial charge in [0.2, 0.25) is 0 Å². The van der Waals surface area contributed by atoms with Gasteiger partial charge >= 0.3 is 0 Å². The predicted octanol–water partition coefficient (Wildman–Crippen LogP) is 2.11. The molecule has 0 aliphatic carbocycles. The smallest absolute Gasteiger partial charge is 0.107 e. The summed E-state index contributed by atoms with van der Waals surface area (Å²) >= 11 is 1.78. The van der Waals surface area contributed by atoms with Gasteiger partial charge in [0.15, 0.2) is 0 Å². The van der Waals surface area contributed by atoms with Crippen molar-refractivity contribution < 1.29 is 4.74 Å². The summed E-state index contributed by atoms with van der Waals surface area (Å²) in [7, 11) is 1.72. The Labute approximate surface area is 120 Å². The highest BCUT2D eigenvalue weighted by Crippen LogP contribution is 2.19. The van der Waals surface area contributed by atoms with Crippen LogP contribution in [0.15, 0.2) is 5.38 Å². The maximum Gasteiger partial charge on any atom is 0.107 e. The Bertz CT molecular complexity index is 369. The molecule has 0 bridgehead atoms. The third-order valence-corrected chi connectivity index (χ3v) is 4.37. The summed E-state index contributed by atoms with van der Waals surface area (Å²) in [6.45, 7) is 8.30. The monoisotopic (exact) mass is 283 g/mol. The molecule has 1 unspecified atom stereocenters. The molecule has 0 radical (unpaired) electrons. The number of hydrogen-bond donors (Lipinski definition) is 1. The van der Waals surface area contributed by atoms with Crippen LogP contribution in [-0.4, -0.2) is 43.2 Å². The number of aromatic nitrogens is 1. The maximum atomic E-state index is 5.01. The predicted molar refractivity (Wildman–Crippen MR) is 79.4 cm³/mol. The number of nitrogens with zero attached hydrogens (tertiary/aromatic N) is 2. The first kappa shape index (κ1) is 14.9. The lowest BCUT2D eigenvalue weighted by atomic mass is 10.0. The number of ether oxygens (including phenoxy) is 1. The van der Waals surface area contributed by atoms with Crippen LogP contribution >= 0.6 is 11.3 Å².